The van der Waals surface area contributed by atoms with Crippen LogP contribution in [0.25, 0.3) is 16.9 Å². The van der Waals surface area contributed by atoms with Crippen LogP contribution in [0.1, 0.15) is 11.1 Å². The number of hydrogen-bond acceptors (Lipinski definition) is 2. The van der Waals surface area contributed by atoms with Crippen molar-refractivity contribution in [1.82, 2.24) is 9.38 Å². The van der Waals surface area contributed by atoms with E-state index in [0.717, 1.165) is 23.2 Å². The molecule has 0 saturated heterocycles. The molecule has 0 bridgehead atoms. The Morgan fingerprint density at radius 2 is 1.95 bits per heavy atom. The SMILES string of the molecule is NCc1ccn2c(-c3cccc(C(F)(F)F)c3)ncc2c1. The molecule has 2 aromatic heterocycles. The largest absolute Gasteiger partial charge is 0.416 e. The molecule has 3 aromatic rings. The second-order valence-electron chi connectivity index (χ2n) is 4.69. The van der Waals surface area contributed by atoms with E-state index in [2.05, 4.69) is 4.98 Å². The molecule has 1 aromatic carbocycles. The maximum Gasteiger partial charge on any atom is 0.416 e. The Balaban J connectivity index is 2.13. The molecule has 2 heterocycles. The lowest BCUT2D eigenvalue weighted by Gasteiger charge is -2.08. The average molecular weight is 291 g/mol. The Morgan fingerprint density at radius 1 is 1.14 bits per heavy atom. The van der Waals surface area contributed by atoms with Gasteiger partial charge in [0, 0.05) is 18.3 Å². The highest BCUT2D eigenvalue weighted by atomic mass is 19.4. The predicted molar refractivity (Wildman–Crippen MR) is 73.5 cm³/mol. The van der Waals surface area contributed by atoms with E-state index in [1.807, 2.05) is 12.1 Å². The molecule has 21 heavy (non-hydrogen) atoms. The standard InChI is InChI=1S/C15H12F3N3/c16-15(17,18)12-3-1-2-11(7-12)14-20-9-13-6-10(8-19)4-5-21(13)14/h1-7,9H,8,19H2. The summed E-state index contributed by atoms with van der Waals surface area (Å²) in [4.78, 5) is 4.22. The maximum absolute atomic E-state index is 12.8. The molecule has 3 nitrogen and oxygen atoms in total. The van der Waals surface area contributed by atoms with Crippen LogP contribution in [0, 0.1) is 0 Å². The van der Waals surface area contributed by atoms with Crippen LogP contribution in [0.4, 0.5) is 13.2 Å². The molecule has 108 valence electrons. The van der Waals surface area contributed by atoms with Crippen molar-refractivity contribution in [3.8, 4) is 11.4 Å². The van der Waals surface area contributed by atoms with E-state index < -0.39 is 11.7 Å². The summed E-state index contributed by atoms with van der Waals surface area (Å²) < 4.78 is 40.1. The summed E-state index contributed by atoms with van der Waals surface area (Å²) in [5.74, 6) is 0.472. The topological polar surface area (TPSA) is 43.3 Å². The second-order valence-corrected chi connectivity index (χ2v) is 4.69. The van der Waals surface area contributed by atoms with Crippen LogP contribution in [0.2, 0.25) is 0 Å². The zero-order valence-corrected chi connectivity index (χ0v) is 10.9. The summed E-state index contributed by atoms with van der Waals surface area (Å²) in [6.07, 6.45) is -0.981. The summed E-state index contributed by atoms with van der Waals surface area (Å²) in [7, 11) is 0. The van der Waals surface area contributed by atoms with E-state index >= 15 is 0 Å². The molecule has 0 amide bonds. The molecular weight excluding hydrogens is 279 g/mol. The molecule has 0 saturated carbocycles. The van der Waals surface area contributed by atoms with Crippen LogP contribution in [-0.2, 0) is 12.7 Å². The first kappa shape index (κ1) is 13.6. The number of benzene rings is 1. The van der Waals surface area contributed by atoms with Gasteiger partial charge in [0.15, 0.2) is 0 Å². The molecule has 0 radical (unpaired) electrons. The van der Waals surface area contributed by atoms with Crippen molar-refractivity contribution >= 4 is 5.52 Å². The highest BCUT2D eigenvalue weighted by Gasteiger charge is 2.30. The lowest BCUT2D eigenvalue weighted by Crippen LogP contribution is -2.04. The van der Waals surface area contributed by atoms with E-state index in [0.29, 0.717) is 17.9 Å². The van der Waals surface area contributed by atoms with Gasteiger partial charge in [0.25, 0.3) is 0 Å². The fourth-order valence-electron chi connectivity index (χ4n) is 2.22. The first-order chi connectivity index (χ1) is 9.99. The molecule has 0 fully saturated rings. The van der Waals surface area contributed by atoms with E-state index in [4.69, 9.17) is 5.73 Å². The Kier molecular flexibility index (Phi) is 3.17. The number of halogens is 3. The van der Waals surface area contributed by atoms with Crippen LogP contribution >= 0.6 is 0 Å². The van der Waals surface area contributed by atoms with Gasteiger partial charge in [0.2, 0.25) is 0 Å². The Morgan fingerprint density at radius 3 is 2.67 bits per heavy atom. The zero-order chi connectivity index (χ0) is 15.0. The fraction of sp³-hybridized carbons (Fsp3) is 0.133. The third-order valence-corrected chi connectivity index (χ3v) is 3.28. The first-order valence-electron chi connectivity index (χ1n) is 6.33. The smallest absolute Gasteiger partial charge is 0.326 e. The number of nitrogens with zero attached hydrogens (tertiary/aromatic N) is 2. The van der Waals surface area contributed by atoms with Crippen LogP contribution < -0.4 is 5.73 Å². The fourth-order valence-corrected chi connectivity index (χ4v) is 2.22. The number of rotatable bonds is 2. The first-order valence-corrected chi connectivity index (χ1v) is 6.33. The Bertz CT molecular complexity index is 790. The number of nitrogens with two attached hydrogens (primary N) is 1. The molecule has 0 aliphatic heterocycles. The van der Waals surface area contributed by atoms with Crippen molar-refractivity contribution in [1.29, 1.82) is 0 Å². The molecule has 3 rings (SSSR count). The Labute approximate surface area is 118 Å². The Hall–Kier alpha value is -2.34. The summed E-state index contributed by atoms with van der Waals surface area (Å²) in [5.41, 5.74) is 7.05. The summed E-state index contributed by atoms with van der Waals surface area (Å²) >= 11 is 0. The number of pyridine rings is 1. The van der Waals surface area contributed by atoms with Gasteiger partial charge in [-0.1, -0.05) is 12.1 Å². The monoisotopic (exact) mass is 291 g/mol. The van der Waals surface area contributed by atoms with E-state index in [9.17, 15) is 13.2 Å². The minimum absolute atomic E-state index is 0.403. The summed E-state index contributed by atoms with van der Waals surface area (Å²) in [6, 6.07) is 8.83. The number of hydrogen-bond donors (Lipinski definition) is 1. The van der Waals surface area contributed by atoms with Crippen molar-refractivity contribution in [2.75, 3.05) is 0 Å². The van der Waals surface area contributed by atoms with E-state index in [1.165, 1.54) is 6.07 Å². The molecule has 6 heteroatoms. The van der Waals surface area contributed by atoms with Crippen LogP contribution in [0.3, 0.4) is 0 Å². The van der Waals surface area contributed by atoms with Crippen molar-refractivity contribution < 1.29 is 13.2 Å². The lowest BCUT2D eigenvalue weighted by atomic mass is 10.1. The van der Waals surface area contributed by atoms with Crippen LogP contribution in [0.15, 0.2) is 48.8 Å². The van der Waals surface area contributed by atoms with Crippen LogP contribution in [0.5, 0.6) is 0 Å². The van der Waals surface area contributed by atoms with Crippen molar-refractivity contribution in [2.45, 2.75) is 12.7 Å². The quantitative estimate of drug-likeness (QED) is 0.785. The van der Waals surface area contributed by atoms with Gasteiger partial charge in [-0.3, -0.25) is 4.40 Å². The number of imidazole rings is 1. The van der Waals surface area contributed by atoms with Crippen LogP contribution in [-0.4, -0.2) is 9.38 Å². The molecule has 0 aliphatic rings. The molecule has 2 N–H and O–H groups in total. The van der Waals surface area contributed by atoms with Gasteiger partial charge in [-0.2, -0.15) is 13.2 Å². The second kappa shape index (κ2) is 4.89. The van der Waals surface area contributed by atoms with Gasteiger partial charge in [-0.05, 0) is 29.8 Å². The highest BCUT2D eigenvalue weighted by molar-refractivity contribution is 5.63. The number of fused-ring (bicyclic) bond motifs is 1. The van der Waals surface area contributed by atoms with Gasteiger partial charge in [0.1, 0.15) is 5.82 Å². The minimum atomic E-state index is -4.37. The lowest BCUT2D eigenvalue weighted by molar-refractivity contribution is -0.137. The van der Waals surface area contributed by atoms with E-state index in [1.54, 1.807) is 22.9 Å². The van der Waals surface area contributed by atoms with Crippen molar-refractivity contribution in [3.05, 3.63) is 59.9 Å². The zero-order valence-electron chi connectivity index (χ0n) is 10.9. The molecular formula is C15H12F3N3. The van der Waals surface area contributed by atoms with Gasteiger partial charge in [0.05, 0.1) is 17.3 Å². The number of alkyl halides is 3. The molecule has 0 unspecified atom stereocenters. The van der Waals surface area contributed by atoms with Gasteiger partial charge < -0.3 is 5.73 Å². The van der Waals surface area contributed by atoms with Gasteiger partial charge >= 0.3 is 6.18 Å². The van der Waals surface area contributed by atoms with E-state index in [-0.39, 0.29) is 0 Å². The highest BCUT2D eigenvalue weighted by Crippen LogP contribution is 2.32. The maximum atomic E-state index is 12.8. The van der Waals surface area contributed by atoms with Crippen molar-refractivity contribution in [3.63, 3.8) is 0 Å². The van der Waals surface area contributed by atoms with Crippen molar-refractivity contribution in [2.24, 2.45) is 5.73 Å². The molecule has 0 atom stereocenters. The predicted octanol–water partition coefficient (Wildman–Crippen LogP) is 3.48. The van der Waals surface area contributed by atoms with Gasteiger partial charge in [-0.15, -0.1) is 0 Å². The average Bonchev–Trinajstić information content (AvgIpc) is 2.89. The molecule has 0 spiro atoms. The minimum Gasteiger partial charge on any atom is -0.326 e. The summed E-state index contributed by atoms with van der Waals surface area (Å²) in [6.45, 7) is 0.403. The summed E-state index contributed by atoms with van der Waals surface area (Å²) in [5, 5.41) is 0. The third kappa shape index (κ3) is 2.50. The molecule has 0 aliphatic carbocycles. The third-order valence-electron chi connectivity index (χ3n) is 3.28. The normalized spacial score (nSPS) is 12.0. The van der Waals surface area contributed by atoms with Gasteiger partial charge in [-0.25, -0.2) is 4.98 Å². The number of aromatic nitrogens is 2.